The number of aliphatic imine (C=N–C) groups is 1. The van der Waals surface area contributed by atoms with E-state index in [1.54, 1.807) is 0 Å². The maximum absolute atomic E-state index is 4.77. The number of halogens is 1. The summed E-state index contributed by atoms with van der Waals surface area (Å²) < 4.78 is 0.348. The van der Waals surface area contributed by atoms with E-state index in [-0.39, 0.29) is 24.0 Å². The van der Waals surface area contributed by atoms with Gasteiger partial charge in [-0.15, -0.1) is 24.0 Å². The van der Waals surface area contributed by atoms with E-state index >= 15 is 0 Å². The number of rotatable bonds is 8. The summed E-state index contributed by atoms with van der Waals surface area (Å²) in [4.78, 5) is 7.19. The van der Waals surface area contributed by atoms with E-state index in [0.29, 0.717) is 4.75 Å². The van der Waals surface area contributed by atoms with Crippen LogP contribution in [0, 0.1) is 0 Å². The summed E-state index contributed by atoms with van der Waals surface area (Å²) in [6, 6.07) is 0. The Kier molecular flexibility index (Phi) is 12.0. The minimum atomic E-state index is 0. The Morgan fingerprint density at radius 3 is 2.48 bits per heavy atom. The van der Waals surface area contributed by atoms with E-state index in [4.69, 9.17) is 4.99 Å². The Hall–Kier alpha value is 0.310. The topological polar surface area (TPSA) is 39.7 Å². The number of guanidine groups is 1. The van der Waals surface area contributed by atoms with Crippen molar-refractivity contribution in [1.29, 1.82) is 0 Å². The number of nitrogens with zero attached hydrogens (tertiary/aromatic N) is 2. The minimum Gasteiger partial charge on any atom is -0.357 e. The fraction of sp³-hybridized carbons (Fsp3) is 0.933. The zero-order chi connectivity index (χ0) is 14.8. The normalized spacial score (nSPS) is 22.2. The van der Waals surface area contributed by atoms with Crippen molar-refractivity contribution in [3.05, 3.63) is 0 Å². The molecule has 0 aromatic heterocycles. The van der Waals surface area contributed by atoms with Crippen LogP contribution in [0.5, 0.6) is 0 Å². The first-order valence-corrected chi connectivity index (χ1v) is 9.00. The van der Waals surface area contributed by atoms with Crippen LogP contribution in [0.1, 0.15) is 40.5 Å². The molecule has 1 atom stereocenters. The molecule has 1 rings (SSSR count). The van der Waals surface area contributed by atoms with Crippen LogP contribution in [0.4, 0.5) is 0 Å². The van der Waals surface area contributed by atoms with Gasteiger partial charge in [0.2, 0.25) is 0 Å². The molecule has 0 spiro atoms. The van der Waals surface area contributed by atoms with E-state index in [9.17, 15) is 0 Å². The highest BCUT2D eigenvalue weighted by atomic mass is 127. The maximum atomic E-state index is 4.77. The van der Waals surface area contributed by atoms with Crippen LogP contribution >= 0.6 is 35.7 Å². The molecule has 126 valence electrons. The largest absolute Gasteiger partial charge is 0.357 e. The van der Waals surface area contributed by atoms with Crippen molar-refractivity contribution in [2.24, 2.45) is 4.99 Å². The molecule has 4 nitrogen and oxygen atoms in total. The molecule has 1 unspecified atom stereocenters. The van der Waals surface area contributed by atoms with Crippen molar-refractivity contribution in [2.45, 2.75) is 45.3 Å². The standard InChI is InChI=1S/C15H32N4S.HI/c1-5-16-14(17-10-11-19(6-2)7-3)18-13-15(4)9-8-12-20-15;/h5-13H2,1-4H3,(H2,16,17,18);1H. The number of likely N-dealkylation sites (N-methyl/N-ethyl adjacent to an activating group) is 1. The summed E-state index contributed by atoms with van der Waals surface area (Å²) in [6.07, 6.45) is 2.63. The summed E-state index contributed by atoms with van der Waals surface area (Å²) in [5.41, 5.74) is 0. The van der Waals surface area contributed by atoms with Gasteiger partial charge in [0.15, 0.2) is 5.96 Å². The second-order valence-corrected chi connectivity index (χ2v) is 7.23. The lowest BCUT2D eigenvalue weighted by Gasteiger charge is -2.22. The molecule has 1 aliphatic heterocycles. The molecule has 6 heteroatoms. The molecular weight excluding hydrogens is 395 g/mol. The van der Waals surface area contributed by atoms with E-state index < -0.39 is 0 Å². The molecule has 21 heavy (non-hydrogen) atoms. The lowest BCUT2D eigenvalue weighted by atomic mass is 10.1. The molecule has 1 fully saturated rings. The number of hydrogen-bond acceptors (Lipinski definition) is 3. The van der Waals surface area contributed by atoms with E-state index in [2.05, 4.69) is 55.0 Å². The molecule has 1 heterocycles. The summed E-state index contributed by atoms with van der Waals surface area (Å²) >= 11 is 2.07. The molecule has 1 aliphatic rings. The van der Waals surface area contributed by atoms with E-state index in [1.807, 2.05) is 0 Å². The Balaban J connectivity index is 0.00000400. The van der Waals surface area contributed by atoms with Gasteiger partial charge in [-0.1, -0.05) is 13.8 Å². The molecule has 0 amide bonds. The SMILES string of the molecule is CCNC(=NCC1(C)CCCS1)NCCN(CC)CC.I. The number of hydrogen-bond donors (Lipinski definition) is 2. The monoisotopic (exact) mass is 428 g/mol. The Morgan fingerprint density at radius 1 is 1.24 bits per heavy atom. The molecule has 0 saturated carbocycles. The van der Waals surface area contributed by atoms with Crippen LogP contribution in [0.15, 0.2) is 4.99 Å². The molecule has 0 bridgehead atoms. The lowest BCUT2D eigenvalue weighted by molar-refractivity contribution is 0.308. The van der Waals surface area contributed by atoms with Gasteiger partial charge in [0, 0.05) is 24.4 Å². The van der Waals surface area contributed by atoms with E-state index in [0.717, 1.165) is 45.2 Å². The quantitative estimate of drug-likeness (QED) is 0.354. The van der Waals surface area contributed by atoms with Gasteiger partial charge >= 0.3 is 0 Å². The van der Waals surface area contributed by atoms with E-state index in [1.165, 1.54) is 18.6 Å². The van der Waals surface area contributed by atoms with Gasteiger partial charge < -0.3 is 15.5 Å². The summed E-state index contributed by atoms with van der Waals surface area (Å²) in [7, 11) is 0. The van der Waals surface area contributed by atoms with Gasteiger partial charge in [-0.05, 0) is 45.5 Å². The highest BCUT2D eigenvalue weighted by Crippen LogP contribution is 2.37. The van der Waals surface area contributed by atoms with Gasteiger partial charge in [0.05, 0.1) is 6.54 Å². The van der Waals surface area contributed by atoms with Crippen molar-refractivity contribution in [3.8, 4) is 0 Å². The number of nitrogens with one attached hydrogen (secondary N) is 2. The summed E-state index contributed by atoms with van der Waals surface area (Å²) in [6.45, 7) is 15.0. The van der Waals surface area contributed by atoms with Crippen LogP contribution in [0.2, 0.25) is 0 Å². The maximum Gasteiger partial charge on any atom is 0.191 e. The number of thioether (sulfide) groups is 1. The molecule has 1 saturated heterocycles. The lowest BCUT2D eigenvalue weighted by Crippen LogP contribution is -2.42. The third-order valence-electron chi connectivity index (χ3n) is 3.83. The predicted octanol–water partition coefficient (Wildman–Crippen LogP) is 2.79. The second kappa shape index (κ2) is 11.8. The Morgan fingerprint density at radius 2 is 1.95 bits per heavy atom. The average Bonchev–Trinajstić information content (AvgIpc) is 2.88. The Labute approximate surface area is 152 Å². The van der Waals surface area contributed by atoms with Gasteiger partial charge in [0.1, 0.15) is 0 Å². The van der Waals surface area contributed by atoms with Crippen LogP contribution < -0.4 is 10.6 Å². The predicted molar refractivity (Wildman–Crippen MR) is 107 cm³/mol. The van der Waals surface area contributed by atoms with Crippen molar-refractivity contribution >= 4 is 41.7 Å². The van der Waals surface area contributed by atoms with Crippen LogP contribution in [-0.2, 0) is 0 Å². The summed E-state index contributed by atoms with van der Waals surface area (Å²) in [5.74, 6) is 2.26. The van der Waals surface area contributed by atoms with Crippen molar-refractivity contribution in [2.75, 3.05) is 45.0 Å². The first kappa shape index (κ1) is 21.3. The fourth-order valence-corrected chi connectivity index (χ4v) is 3.65. The molecule has 0 radical (unpaired) electrons. The van der Waals surface area contributed by atoms with Crippen molar-refractivity contribution < 1.29 is 0 Å². The third kappa shape index (κ3) is 8.50. The Bertz CT molecular complexity index is 289. The molecule has 0 aromatic rings. The van der Waals surface area contributed by atoms with Crippen molar-refractivity contribution in [3.63, 3.8) is 0 Å². The fourth-order valence-electron chi connectivity index (χ4n) is 2.42. The molecular formula is C15H33IN4S. The second-order valence-electron chi connectivity index (χ2n) is 5.55. The van der Waals surface area contributed by atoms with Crippen molar-refractivity contribution in [1.82, 2.24) is 15.5 Å². The van der Waals surface area contributed by atoms with Gasteiger partial charge in [-0.25, -0.2) is 0 Å². The van der Waals surface area contributed by atoms with Crippen LogP contribution in [0.3, 0.4) is 0 Å². The molecule has 0 aliphatic carbocycles. The first-order valence-electron chi connectivity index (χ1n) is 8.02. The zero-order valence-electron chi connectivity index (χ0n) is 14.1. The average molecular weight is 428 g/mol. The smallest absolute Gasteiger partial charge is 0.191 e. The van der Waals surface area contributed by atoms with Gasteiger partial charge in [0.25, 0.3) is 0 Å². The highest BCUT2D eigenvalue weighted by molar-refractivity contribution is 14.0. The zero-order valence-corrected chi connectivity index (χ0v) is 17.2. The molecule has 0 aromatic carbocycles. The molecule has 2 N–H and O–H groups in total. The van der Waals surface area contributed by atoms with Gasteiger partial charge in [-0.3, -0.25) is 4.99 Å². The third-order valence-corrected chi connectivity index (χ3v) is 5.35. The minimum absolute atomic E-state index is 0. The highest BCUT2D eigenvalue weighted by Gasteiger charge is 2.29. The van der Waals surface area contributed by atoms with Crippen LogP contribution in [0.25, 0.3) is 0 Å². The van der Waals surface area contributed by atoms with Crippen LogP contribution in [-0.4, -0.2) is 60.6 Å². The van der Waals surface area contributed by atoms with Gasteiger partial charge in [-0.2, -0.15) is 11.8 Å². The summed E-state index contributed by atoms with van der Waals surface area (Å²) in [5, 5.41) is 6.79. The first-order chi connectivity index (χ1) is 9.63.